The number of ether oxygens (including phenoxy) is 1. The van der Waals surface area contributed by atoms with Crippen molar-refractivity contribution in [1.82, 2.24) is 20.8 Å². The van der Waals surface area contributed by atoms with Crippen LogP contribution in [0.5, 0.6) is 0 Å². The molecule has 2 amide bonds. The first-order valence-electron chi connectivity index (χ1n) is 8.27. The average molecular weight is 389 g/mol. The lowest BCUT2D eigenvalue weighted by Crippen LogP contribution is -2.42. The SMILES string of the molecule is O=C(NNC(=O)c1cc2cc(F)ccc2[nH]1)c1csc(N2CCOCC2)n1. The Morgan fingerprint density at radius 1 is 1.19 bits per heavy atom. The van der Waals surface area contributed by atoms with Gasteiger partial charge in [0.2, 0.25) is 0 Å². The van der Waals surface area contributed by atoms with Crippen LogP contribution < -0.4 is 15.8 Å². The number of benzene rings is 1. The van der Waals surface area contributed by atoms with Gasteiger partial charge in [-0.15, -0.1) is 11.3 Å². The third-order valence-corrected chi connectivity index (χ3v) is 5.02. The number of aromatic amines is 1. The number of halogens is 1. The summed E-state index contributed by atoms with van der Waals surface area (Å²) >= 11 is 1.36. The smallest absolute Gasteiger partial charge is 0.289 e. The summed E-state index contributed by atoms with van der Waals surface area (Å²) < 4.78 is 18.5. The molecule has 10 heteroatoms. The summed E-state index contributed by atoms with van der Waals surface area (Å²) in [5.74, 6) is -1.44. The Hall–Kier alpha value is -2.98. The Bertz CT molecular complexity index is 996. The molecule has 1 aliphatic heterocycles. The van der Waals surface area contributed by atoms with E-state index in [1.807, 2.05) is 4.90 Å². The number of nitrogens with zero attached hydrogens (tertiary/aromatic N) is 2. The molecule has 0 spiro atoms. The van der Waals surface area contributed by atoms with Crippen molar-refractivity contribution < 1.29 is 18.7 Å². The number of hydrazine groups is 1. The molecule has 0 bridgehead atoms. The van der Waals surface area contributed by atoms with Gasteiger partial charge in [-0.25, -0.2) is 9.37 Å². The number of carbonyl (C=O) groups is 2. The van der Waals surface area contributed by atoms with E-state index in [1.54, 1.807) is 11.4 Å². The van der Waals surface area contributed by atoms with Crippen molar-refractivity contribution in [2.75, 3.05) is 31.2 Å². The maximum Gasteiger partial charge on any atom is 0.289 e. The molecule has 140 valence electrons. The zero-order chi connectivity index (χ0) is 18.8. The van der Waals surface area contributed by atoms with Gasteiger partial charge in [-0.2, -0.15) is 0 Å². The highest BCUT2D eigenvalue weighted by Gasteiger charge is 2.18. The lowest BCUT2D eigenvalue weighted by atomic mass is 10.2. The van der Waals surface area contributed by atoms with Gasteiger partial charge in [0.15, 0.2) is 5.13 Å². The fourth-order valence-corrected chi connectivity index (χ4v) is 3.60. The fourth-order valence-electron chi connectivity index (χ4n) is 2.74. The molecule has 3 aromatic rings. The normalized spacial score (nSPS) is 14.3. The molecule has 27 heavy (non-hydrogen) atoms. The van der Waals surface area contributed by atoms with Crippen LogP contribution in [0.15, 0.2) is 29.6 Å². The van der Waals surface area contributed by atoms with E-state index in [0.29, 0.717) is 24.1 Å². The number of carbonyl (C=O) groups excluding carboxylic acids is 2. The van der Waals surface area contributed by atoms with E-state index >= 15 is 0 Å². The number of H-pyrrole nitrogens is 1. The summed E-state index contributed by atoms with van der Waals surface area (Å²) in [6, 6.07) is 5.68. The molecule has 0 aliphatic carbocycles. The maximum absolute atomic E-state index is 13.2. The van der Waals surface area contributed by atoms with Crippen LogP contribution in [-0.4, -0.2) is 48.1 Å². The number of fused-ring (bicyclic) bond motifs is 1. The number of morpholine rings is 1. The fraction of sp³-hybridized carbons (Fsp3) is 0.235. The molecule has 1 aromatic carbocycles. The van der Waals surface area contributed by atoms with Gasteiger partial charge in [-0.3, -0.25) is 20.4 Å². The van der Waals surface area contributed by atoms with Gasteiger partial charge in [0.05, 0.1) is 13.2 Å². The first kappa shape index (κ1) is 17.4. The molecule has 8 nitrogen and oxygen atoms in total. The largest absolute Gasteiger partial charge is 0.378 e. The van der Waals surface area contributed by atoms with E-state index < -0.39 is 11.8 Å². The van der Waals surface area contributed by atoms with Crippen LogP contribution in [0, 0.1) is 5.82 Å². The van der Waals surface area contributed by atoms with Crippen LogP contribution in [0.2, 0.25) is 0 Å². The number of hydrogen-bond donors (Lipinski definition) is 3. The van der Waals surface area contributed by atoms with Crippen LogP contribution >= 0.6 is 11.3 Å². The van der Waals surface area contributed by atoms with E-state index in [1.165, 1.54) is 29.5 Å². The van der Waals surface area contributed by atoms with E-state index in [-0.39, 0.29) is 17.2 Å². The Morgan fingerprint density at radius 3 is 2.78 bits per heavy atom. The molecule has 1 aliphatic rings. The molecule has 0 unspecified atom stereocenters. The van der Waals surface area contributed by atoms with Gasteiger partial charge >= 0.3 is 0 Å². The maximum atomic E-state index is 13.2. The minimum atomic E-state index is -0.538. The number of amides is 2. The van der Waals surface area contributed by atoms with Crippen LogP contribution in [0.25, 0.3) is 10.9 Å². The Kier molecular flexibility index (Phi) is 4.73. The number of aromatic nitrogens is 2. The molecule has 1 saturated heterocycles. The van der Waals surface area contributed by atoms with Crippen molar-refractivity contribution in [3.63, 3.8) is 0 Å². The number of thiazole rings is 1. The minimum Gasteiger partial charge on any atom is -0.378 e. The Balaban J connectivity index is 1.38. The molecular formula is C17H16FN5O3S. The molecule has 4 rings (SSSR count). The topological polar surface area (TPSA) is 99.4 Å². The summed E-state index contributed by atoms with van der Waals surface area (Å²) in [7, 11) is 0. The molecule has 3 heterocycles. The van der Waals surface area contributed by atoms with Crippen LogP contribution in [-0.2, 0) is 4.74 Å². The monoisotopic (exact) mass is 389 g/mol. The number of anilines is 1. The van der Waals surface area contributed by atoms with Gasteiger partial charge < -0.3 is 14.6 Å². The molecule has 3 N–H and O–H groups in total. The van der Waals surface area contributed by atoms with Crippen LogP contribution in [0.1, 0.15) is 21.0 Å². The van der Waals surface area contributed by atoms with Crippen molar-refractivity contribution in [2.24, 2.45) is 0 Å². The zero-order valence-corrected chi connectivity index (χ0v) is 14.9. The molecule has 0 atom stereocenters. The van der Waals surface area contributed by atoms with Crippen LogP contribution in [0.4, 0.5) is 9.52 Å². The average Bonchev–Trinajstić information content (AvgIpc) is 3.33. The predicted octanol–water partition coefficient (Wildman–Crippen LogP) is 1.67. The zero-order valence-electron chi connectivity index (χ0n) is 14.1. The standard InChI is InChI=1S/C17H16FN5O3S/c18-11-1-2-12-10(7-11)8-13(19-12)15(24)21-22-16(25)14-9-27-17(20-14)23-3-5-26-6-4-23/h1-2,7-9,19H,3-6H2,(H,21,24)(H,22,25). The van der Waals surface area contributed by atoms with Crippen molar-refractivity contribution in [2.45, 2.75) is 0 Å². The first-order valence-corrected chi connectivity index (χ1v) is 9.15. The summed E-state index contributed by atoms with van der Waals surface area (Å²) in [5, 5.41) is 2.95. The lowest BCUT2D eigenvalue weighted by molar-refractivity contribution is 0.0842. The molecule has 1 fully saturated rings. The highest BCUT2D eigenvalue weighted by molar-refractivity contribution is 7.13. The van der Waals surface area contributed by atoms with Crippen molar-refractivity contribution in [3.8, 4) is 0 Å². The second-order valence-corrected chi connectivity index (χ2v) is 6.77. The highest BCUT2D eigenvalue weighted by atomic mass is 32.1. The molecule has 0 radical (unpaired) electrons. The Morgan fingerprint density at radius 2 is 1.96 bits per heavy atom. The second-order valence-electron chi connectivity index (χ2n) is 5.94. The van der Waals surface area contributed by atoms with E-state index in [2.05, 4.69) is 20.8 Å². The Labute approximate surface area is 157 Å². The minimum absolute atomic E-state index is 0.211. The van der Waals surface area contributed by atoms with E-state index in [4.69, 9.17) is 4.74 Å². The summed E-state index contributed by atoms with van der Waals surface area (Å²) in [4.78, 5) is 33.6. The number of rotatable bonds is 3. The van der Waals surface area contributed by atoms with Crippen molar-refractivity contribution in [3.05, 3.63) is 46.9 Å². The number of nitrogens with one attached hydrogen (secondary N) is 3. The van der Waals surface area contributed by atoms with Crippen molar-refractivity contribution >= 4 is 39.2 Å². The third-order valence-electron chi connectivity index (χ3n) is 4.12. The third kappa shape index (κ3) is 3.76. The van der Waals surface area contributed by atoms with Gasteiger partial charge in [-0.05, 0) is 24.3 Å². The molecular weight excluding hydrogens is 373 g/mol. The van der Waals surface area contributed by atoms with E-state index in [0.717, 1.165) is 18.2 Å². The second kappa shape index (κ2) is 7.33. The van der Waals surface area contributed by atoms with Gasteiger partial charge in [-0.1, -0.05) is 0 Å². The first-order chi connectivity index (χ1) is 13.1. The lowest BCUT2D eigenvalue weighted by Gasteiger charge is -2.25. The van der Waals surface area contributed by atoms with Gasteiger partial charge in [0, 0.05) is 29.4 Å². The summed E-state index contributed by atoms with van der Waals surface area (Å²) in [6.07, 6.45) is 0. The molecule has 0 saturated carbocycles. The van der Waals surface area contributed by atoms with E-state index in [9.17, 15) is 14.0 Å². The van der Waals surface area contributed by atoms with Gasteiger partial charge in [0.1, 0.15) is 17.2 Å². The van der Waals surface area contributed by atoms with Crippen molar-refractivity contribution in [1.29, 1.82) is 0 Å². The summed E-state index contributed by atoms with van der Waals surface area (Å²) in [6.45, 7) is 2.72. The highest BCUT2D eigenvalue weighted by Crippen LogP contribution is 2.21. The van der Waals surface area contributed by atoms with Gasteiger partial charge in [0.25, 0.3) is 11.8 Å². The number of hydrogen-bond acceptors (Lipinski definition) is 6. The molecule has 2 aromatic heterocycles. The van der Waals surface area contributed by atoms with Crippen LogP contribution in [0.3, 0.4) is 0 Å². The summed E-state index contributed by atoms with van der Waals surface area (Å²) in [5.41, 5.74) is 5.73. The predicted molar refractivity (Wildman–Crippen MR) is 98.3 cm³/mol. The quantitative estimate of drug-likeness (QED) is 0.592.